The van der Waals surface area contributed by atoms with E-state index in [4.69, 9.17) is 0 Å². The third-order valence-corrected chi connectivity index (χ3v) is 7.15. The van der Waals surface area contributed by atoms with E-state index in [1.807, 2.05) is 24.3 Å². The second-order valence-corrected chi connectivity index (χ2v) is 10.3. The van der Waals surface area contributed by atoms with E-state index in [0.29, 0.717) is 37.4 Å². The highest BCUT2D eigenvalue weighted by Gasteiger charge is 2.28. The second kappa shape index (κ2) is 9.75. The van der Waals surface area contributed by atoms with Crippen LogP contribution in [0.15, 0.2) is 53.4 Å². The minimum atomic E-state index is -3.53. The molecule has 1 fully saturated rings. The van der Waals surface area contributed by atoms with E-state index in [0.717, 1.165) is 12.0 Å². The van der Waals surface area contributed by atoms with Crippen molar-refractivity contribution in [3.8, 4) is 0 Å². The van der Waals surface area contributed by atoms with Crippen LogP contribution in [0.25, 0.3) is 0 Å². The van der Waals surface area contributed by atoms with Crippen molar-refractivity contribution >= 4 is 21.7 Å². The average molecular weight is 443 g/mol. The highest BCUT2D eigenvalue weighted by atomic mass is 32.2. The van der Waals surface area contributed by atoms with Gasteiger partial charge in [0.25, 0.3) is 5.91 Å². The highest BCUT2D eigenvalue weighted by Crippen LogP contribution is 2.24. The number of carbonyl (C=O) groups excluding carboxylic acids is 2. The number of nitrogens with zero attached hydrogens (tertiary/aromatic N) is 1. The summed E-state index contributed by atoms with van der Waals surface area (Å²) in [4.78, 5) is 27.5. The minimum absolute atomic E-state index is 0.0804. The maximum absolute atomic E-state index is 12.9. The Morgan fingerprint density at radius 2 is 1.52 bits per heavy atom. The van der Waals surface area contributed by atoms with E-state index < -0.39 is 10.0 Å². The van der Waals surface area contributed by atoms with E-state index in [-0.39, 0.29) is 22.5 Å². The standard InChI is InChI=1S/C24H30N2O4S/c1-17(2)16-18-4-6-19(7-5-18)23(27)20-12-14-26(15-13-20)24(28)21-8-10-22(11-9-21)31(29,30)25-3/h4-11,17,20,25H,12-16H2,1-3H3. The first kappa shape index (κ1) is 23.2. The number of rotatable bonds is 7. The number of sulfonamides is 1. The van der Waals surface area contributed by atoms with Crippen molar-refractivity contribution in [1.29, 1.82) is 0 Å². The van der Waals surface area contributed by atoms with E-state index in [1.165, 1.54) is 36.9 Å². The summed E-state index contributed by atoms with van der Waals surface area (Å²) in [6, 6.07) is 13.8. The number of nitrogens with one attached hydrogen (secondary N) is 1. The summed E-state index contributed by atoms with van der Waals surface area (Å²) in [5, 5.41) is 0. The van der Waals surface area contributed by atoms with Crippen LogP contribution in [0.2, 0.25) is 0 Å². The summed E-state index contributed by atoms with van der Waals surface area (Å²) in [5.41, 5.74) is 2.42. The van der Waals surface area contributed by atoms with Gasteiger partial charge in [-0.3, -0.25) is 9.59 Å². The molecule has 0 aromatic heterocycles. The van der Waals surface area contributed by atoms with Crippen LogP contribution >= 0.6 is 0 Å². The van der Waals surface area contributed by atoms with Crippen LogP contribution < -0.4 is 4.72 Å². The largest absolute Gasteiger partial charge is 0.339 e. The third-order valence-electron chi connectivity index (χ3n) is 5.72. The molecule has 6 nitrogen and oxygen atoms in total. The van der Waals surface area contributed by atoms with Crippen molar-refractivity contribution < 1.29 is 18.0 Å². The summed E-state index contributed by atoms with van der Waals surface area (Å²) in [7, 11) is -2.18. The molecule has 0 aliphatic carbocycles. The number of Topliss-reactive ketones (excluding diaryl/α,β-unsaturated/α-hetero) is 1. The third kappa shape index (κ3) is 5.60. The van der Waals surface area contributed by atoms with E-state index >= 15 is 0 Å². The normalized spacial score (nSPS) is 15.3. The van der Waals surface area contributed by atoms with Crippen LogP contribution in [-0.2, 0) is 16.4 Å². The summed E-state index contributed by atoms with van der Waals surface area (Å²) < 4.78 is 25.9. The number of amides is 1. The molecular weight excluding hydrogens is 412 g/mol. The number of likely N-dealkylation sites (tertiary alicyclic amines) is 1. The van der Waals surface area contributed by atoms with Crippen LogP contribution in [0.3, 0.4) is 0 Å². The summed E-state index contributed by atoms with van der Waals surface area (Å²) in [5.74, 6) is 0.498. The molecule has 0 bridgehead atoms. The summed E-state index contributed by atoms with van der Waals surface area (Å²) in [6.45, 7) is 5.37. The average Bonchev–Trinajstić information content (AvgIpc) is 2.78. The van der Waals surface area contributed by atoms with Gasteiger partial charge in [0.2, 0.25) is 10.0 Å². The van der Waals surface area contributed by atoms with Gasteiger partial charge in [-0.1, -0.05) is 38.1 Å². The topological polar surface area (TPSA) is 83.6 Å². The summed E-state index contributed by atoms with van der Waals surface area (Å²) in [6.07, 6.45) is 2.26. The molecule has 1 amide bonds. The van der Waals surface area contributed by atoms with Gasteiger partial charge in [0, 0.05) is 30.1 Å². The van der Waals surface area contributed by atoms with Gasteiger partial charge < -0.3 is 4.90 Å². The lowest BCUT2D eigenvalue weighted by atomic mass is 9.88. The van der Waals surface area contributed by atoms with Gasteiger partial charge in [0.15, 0.2) is 5.78 Å². The molecule has 0 saturated carbocycles. The molecule has 3 rings (SSSR count). The van der Waals surface area contributed by atoms with Gasteiger partial charge >= 0.3 is 0 Å². The van der Waals surface area contributed by atoms with Crippen LogP contribution in [0, 0.1) is 11.8 Å². The smallest absolute Gasteiger partial charge is 0.253 e. The van der Waals surface area contributed by atoms with Gasteiger partial charge in [-0.05, 0) is 62.1 Å². The monoisotopic (exact) mass is 442 g/mol. The van der Waals surface area contributed by atoms with Gasteiger partial charge in [0.1, 0.15) is 0 Å². The fourth-order valence-electron chi connectivity index (χ4n) is 3.93. The van der Waals surface area contributed by atoms with Gasteiger partial charge in [0.05, 0.1) is 4.90 Å². The van der Waals surface area contributed by atoms with Gasteiger partial charge in [-0.15, -0.1) is 0 Å². The van der Waals surface area contributed by atoms with Crippen molar-refractivity contribution in [3.05, 3.63) is 65.2 Å². The Hall–Kier alpha value is -2.51. The zero-order valence-corrected chi connectivity index (χ0v) is 19.1. The van der Waals surface area contributed by atoms with Crippen molar-refractivity contribution in [2.75, 3.05) is 20.1 Å². The van der Waals surface area contributed by atoms with E-state index in [1.54, 1.807) is 4.90 Å². The number of piperidine rings is 1. The lowest BCUT2D eigenvalue weighted by Crippen LogP contribution is -2.40. The Morgan fingerprint density at radius 1 is 0.968 bits per heavy atom. The molecule has 0 atom stereocenters. The Kier molecular flexibility index (Phi) is 7.28. The molecule has 166 valence electrons. The fraction of sp³-hybridized carbons (Fsp3) is 0.417. The SMILES string of the molecule is CNS(=O)(=O)c1ccc(C(=O)N2CCC(C(=O)c3ccc(CC(C)C)cc3)CC2)cc1. The number of carbonyl (C=O) groups is 2. The quantitative estimate of drug-likeness (QED) is 0.665. The first-order chi connectivity index (χ1) is 14.7. The zero-order valence-electron chi connectivity index (χ0n) is 18.3. The molecule has 0 unspecified atom stereocenters. The minimum Gasteiger partial charge on any atom is -0.339 e. The van der Waals surface area contributed by atoms with Crippen molar-refractivity contribution in [2.45, 2.75) is 38.0 Å². The van der Waals surface area contributed by atoms with Crippen molar-refractivity contribution in [3.63, 3.8) is 0 Å². The Morgan fingerprint density at radius 3 is 2.03 bits per heavy atom. The lowest BCUT2D eigenvalue weighted by molar-refractivity contribution is 0.0650. The Labute approximate surface area is 184 Å². The molecule has 1 saturated heterocycles. The van der Waals surface area contributed by atoms with Crippen molar-refractivity contribution in [1.82, 2.24) is 9.62 Å². The molecule has 31 heavy (non-hydrogen) atoms. The highest BCUT2D eigenvalue weighted by molar-refractivity contribution is 7.89. The van der Waals surface area contributed by atoms with E-state index in [2.05, 4.69) is 18.6 Å². The second-order valence-electron chi connectivity index (χ2n) is 8.46. The molecule has 2 aromatic rings. The lowest BCUT2D eigenvalue weighted by Gasteiger charge is -2.31. The van der Waals surface area contributed by atoms with Crippen molar-refractivity contribution in [2.24, 2.45) is 11.8 Å². The number of ketones is 1. The molecule has 1 heterocycles. The Balaban J connectivity index is 1.58. The maximum Gasteiger partial charge on any atom is 0.253 e. The molecule has 1 N–H and O–H groups in total. The van der Waals surface area contributed by atoms with Crippen LogP contribution in [0.1, 0.15) is 53.0 Å². The number of hydrogen-bond acceptors (Lipinski definition) is 4. The van der Waals surface area contributed by atoms with Crippen LogP contribution in [0.5, 0.6) is 0 Å². The molecular formula is C24H30N2O4S. The predicted molar refractivity (Wildman–Crippen MR) is 121 cm³/mol. The molecule has 0 radical (unpaired) electrons. The number of benzene rings is 2. The molecule has 2 aromatic carbocycles. The molecule has 1 aliphatic heterocycles. The van der Waals surface area contributed by atoms with Crippen LogP contribution in [-0.4, -0.2) is 45.1 Å². The predicted octanol–water partition coefficient (Wildman–Crippen LogP) is 3.53. The summed E-state index contributed by atoms with van der Waals surface area (Å²) >= 11 is 0. The molecule has 7 heteroatoms. The first-order valence-corrected chi connectivity index (χ1v) is 12.2. The number of hydrogen-bond donors (Lipinski definition) is 1. The van der Waals surface area contributed by atoms with E-state index in [9.17, 15) is 18.0 Å². The fourth-order valence-corrected chi connectivity index (χ4v) is 4.66. The molecule has 0 spiro atoms. The van der Waals surface area contributed by atoms with Gasteiger partial charge in [-0.25, -0.2) is 13.1 Å². The maximum atomic E-state index is 12.9. The van der Waals surface area contributed by atoms with Crippen LogP contribution in [0.4, 0.5) is 0 Å². The Bertz CT molecular complexity index is 1020. The first-order valence-electron chi connectivity index (χ1n) is 10.7. The van der Waals surface area contributed by atoms with Gasteiger partial charge in [-0.2, -0.15) is 0 Å². The molecule has 1 aliphatic rings. The zero-order chi connectivity index (χ0) is 22.6.